The first-order valence-electron chi connectivity index (χ1n) is 6.09. The Balaban J connectivity index is 2.12. The van der Waals surface area contributed by atoms with Crippen molar-refractivity contribution in [2.24, 2.45) is 0 Å². The molecule has 1 heterocycles. The molecular weight excluding hydrogens is 374 g/mol. The van der Waals surface area contributed by atoms with Gasteiger partial charge in [-0.25, -0.2) is 9.67 Å². The van der Waals surface area contributed by atoms with Crippen molar-refractivity contribution in [1.82, 2.24) is 14.8 Å². The second-order valence-electron chi connectivity index (χ2n) is 4.05. The van der Waals surface area contributed by atoms with Gasteiger partial charge in [0.15, 0.2) is 5.82 Å². The molecule has 0 aliphatic heterocycles. The second kappa shape index (κ2) is 7.05. The summed E-state index contributed by atoms with van der Waals surface area (Å²) < 4.78 is 8.72. The lowest BCUT2D eigenvalue weighted by Gasteiger charge is -2.12. The van der Waals surface area contributed by atoms with Crippen molar-refractivity contribution in [3.05, 3.63) is 40.4 Å². The van der Waals surface area contributed by atoms with Crippen LogP contribution in [0.3, 0.4) is 0 Å². The fraction of sp³-hybridized carbons (Fsp3) is 0.385. The Morgan fingerprint density at radius 1 is 1.37 bits per heavy atom. The van der Waals surface area contributed by atoms with Crippen molar-refractivity contribution in [1.29, 1.82) is 0 Å². The zero-order chi connectivity index (χ0) is 13.7. The molecule has 0 radical (unpaired) electrons. The average molecular weight is 389 g/mol. The first-order valence-corrected chi connectivity index (χ1v) is 8.00. The van der Waals surface area contributed by atoms with Crippen LogP contribution >= 0.6 is 31.9 Å². The van der Waals surface area contributed by atoms with Crippen molar-refractivity contribution in [3.63, 3.8) is 0 Å². The molecule has 19 heavy (non-hydrogen) atoms. The van der Waals surface area contributed by atoms with Gasteiger partial charge in [-0.3, -0.25) is 0 Å². The smallest absolute Gasteiger partial charge is 0.164 e. The number of alkyl halides is 1. The van der Waals surface area contributed by atoms with Crippen molar-refractivity contribution in [3.8, 4) is 5.75 Å². The van der Waals surface area contributed by atoms with Gasteiger partial charge in [0.25, 0.3) is 0 Å². The predicted molar refractivity (Wildman–Crippen MR) is 81.4 cm³/mol. The van der Waals surface area contributed by atoms with Gasteiger partial charge in [-0.15, -0.1) is 0 Å². The van der Waals surface area contributed by atoms with Gasteiger partial charge in [-0.05, 0) is 28.4 Å². The van der Waals surface area contributed by atoms with E-state index in [0.717, 1.165) is 39.9 Å². The average Bonchev–Trinajstić information content (AvgIpc) is 2.85. The van der Waals surface area contributed by atoms with Crippen LogP contribution in [0.15, 0.2) is 29.0 Å². The highest BCUT2D eigenvalue weighted by Gasteiger charge is 2.10. The Hall–Kier alpha value is -0.880. The molecule has 4 nitrogen and oxygen atoms in total. The number of rotatable bonds is 6. The standard InChI is InChI=1S/C13H15Br2N3O/c1-2-6-18-12(16-9-17-18)8-19-13-10(7-14)4-3-5-11(13)15/h3-5,9H,2,6-8H2,1H3. The summed E-state index contributed by atoms with van der Waals surface area (Å²) in [6.45, 7) is 3.39. The lowest BCUT2D eigenvalue weighted by Crippen LogP contribution is -2.09. The molecule has 1 aromatic heterocycles. The largest absolute Gasteiger partial charge is 0.484 e. The topological polar surface area (TPSA) is 39.9 Å². The van der Waals surface area contributed by atoms with E-state index in [9.17, 15) is 0 Å². The third-order valence-corrected chi connectivity index (χ3v) is 3.90. The maximum absolute atomic E-state index is 5.89. The maximum atomic E-state index is 5.89. The summed E-state index contributed by atoms with van der Waals surface area (Å²) in [4.78, 5) is 4.23. The van der Waals surface area contributed by atoms with Gasteiger partial charge in [0.2, 0.25) is 0 Å². The highest BCUT2D eigenvalue weighted by molar-refractivity contribution is 9.10. The van der Waals surface area contributed by atoms with E-state index in [1.165, 1.54) is 0 Å². The van der Waals surface area contributed by atoms with E-state index in [2.05, 4.69) is 48.9 Å². The van der Waals surface area contributed by atoms with Crippen molar-refractivity contribution >= 4 is 31.9 Å². The van der Waals surface area contributed by atoms with Crippen LogP contribution in [-0.4, -0.2) is 14.8 Å². The number of aromatic nitrogens is 3. The van der Waals surface area contributed by atoms with E-state index < -0.39 is 0 Å². The molecule has 2 rings (SSSR count). The Morgan fingerprint density at radius 2 is 2.21 bits per heavy atom. The van der Waals surface area contributed by atoms with Crippen molar-refractivity contribution < 1.29 is 4.74 Å². The van der Waals surface area contributed by atoms with Crippen molar-refractivity contribution in [2.75, 3.05) is 0 Å². The molecule has 0 bridgehead atoms. The summed E-state index contributed by atoms with van der Waals surface area (Å²) in [6, 6.07) is 6.00. The molecule has 0 aliphatic rings. The highest BCUT2D eigenvalue weighted by Crippen LogP contribution is 2.31. The predicted octanol–water partition coefficient (Wildman–Crippen LogP) is 3.92. The molecule has 0 amide bonds. The van der Waals surface area contributed by atoms with Crippen LogP contribution in [0, 0.1) is 0 Å². The number of hydrogen-bond donors (Lipinski definition) is 0. The number of benzene rings is 1. The van der Waals surface area contributed by atoms with Crippen LogP contribution in [0.4, 0.5) is 0 Å². The van der Waals surface area contributed by atoms with Crippen LogP contribution in [0.2, 0.25) is 0 Å². The summed E-state index contributed by atoms with van der Waals surface area (Å²) in [5.74, 6) is 1.70. The van der Waals surface area contributed by atoms with Gasteiger partial charge in [-0.1, -0.05) is 35.0 Å². The molecule has 0 spiro atoms. The number of ether oxygens (including phenoxy) is 1. The molecule has 1 aromatic carbocycles. The molecule has 0 atom stereocenters. The maximum Gasteiger partial charge on any atom is 0.164 e. The van der Waals surface area contributed by atoms with Gasteiger partial charge >= 0.3 is 0 Å². The van der Waals surface area contributed by atoms with E-state index in [0.29, 0.717) is 6.61 Å². The first kappa shape index (κ1) is 14.5. The Labute approximate surface area is 129 Å². The molecule has 0 N–H and O–H groups in total. The highest BCUT2D eigenvalue weighted by atomic mass is 79.9. The van der Waals surface area contributed by atoms with Gasteiger partial charge < -0.3 is 4.74 Å². The normalized spacial score (nSPS) is 10.7. The quantitative estimate of drug-likeness (QED) is 0.704. The number of halogens is 2. The fourth-order valence-corrected chi connectivity index (χ4v) is 2.72. The minimum atomic E-state index is 0.419. The number of para-hydroxylation sites is 1. The fourth-order valence-electron chi connectivity index (χ4n) is 1.76. The van der Waals surface area contributed by atoms with E-state index in [-0.39, 0.29) is 0 Å². The Kier molecular flexibility index (Phi) is 5.39. The summed E-state index contributed by atoms with van der Waals surface area (Å²) in [5, 5.41) is 4.94. The van der Waals surface area contributed by atoms with Gasteiger partial charge in [0, 0.05) is 17.4 Å². The van der Waals surface area contributed by atoms with Gasteiger partial charge in [-0.2, -0.15) is 5.10 Å². The van der Waals surface area contributed by atoms with E-state index in [1.54, 1.807) is 6.33 Å². The second-order valence-corrected chi connectivity index (χ2v) is 5.46. The van der Waals surface area contributed by atoms with E-state index in [4.69, 9.17) is 4.74 Å². The molecule has 0 aliphatic carbocycles. The third-order valence-electron chi connectivity index (χ3n) is 2.67. The lowest BCUT2D eigenvalue weighted by atomic mass is 10.2. The lowest BCUT2D eigenvalue weighted by molar-refractivity contribution is 0.282. The van der Waals surface area contributed by atoms with E-state index in [1.807, 2.05) is 22.9 Å². The minimum absolute atomic E-state index is 0.419. The summed E-state index contributed by atoms with van der Waals surface area (Å²) in [6.07, 6.45) is 2.60. The molecule has 0 unspecified atom stereocenters. The van der Waals surface area contributed by atoms with E-state index >= 15 is 0 Å². The van der Waals surface area contributed by atoms with Crippen LogP contribution in [0.1, 0.15) is 24.7 Å². The number of aryl methyl sites for hydroxylation is 1. The van der Waals surface area contributed by atoms with Crippen molar-refractivity contribution in [2.45, 2.75) is 31.8 Å². The Bertz CT molecular complexity index is 542. The van der Waals surface area contributed by atoms with Crippen LogP contribution < -0.4 is 4.74 Å². The van der Waals surface area contributed by atoms with Crippen LogP contribution in [0.5, 0.6) is 5.75 Å². The molecule has 2 aromatic rings. The van der Waals surface area contributed by atoms with Gasteiger partial charge in [0.1, 0.15) is 18.7 Å². The summed E-state index contributed by atoms with van der Waals surface area (Å²) in [7, 11) is 0. The molecule has 6 heteroatoms. The molecule has 0 saturated carbocycles. The first-order chi connectivity index (χ1) is 9.26. The molecule has 0 fully saturated rings. The van der Waals surface area contributed by atoms with Gasteiger partial charge in [0.05, 0.1) is 4.47 Å². The molecule has 102 valence electrons. The van der Waals surface area contributed by atoms with Crippen LogP contribution in [0.25, 0.3) is 0 Å². The molecular formula is C13H15Br2N3O. The zero-order valence-corrected chi connectivity index (χ0v) is 13.8. The van der Waals surface area contributed by atoms with Crippen LogP contribution in [-0.2, 0) is 18.5 Å². The number of nitrogens with zero attached hydrogens (tertiary/aromatic N) is 3. The summed E-state index contributed by atoms with van der Waals surface area (Å²) in [5.41, 5.74) is 1.11. The third kappa shape index (κ3) is 3.57. The zero-order valence-electron chi connectivity index (χ0n) is 10.6. The minimum Gasteiger partial charge on any atom is -0.484 e. The molecule has 0 saturated heterocycles. The number of hydrogen-bond acceptors (Lipinski definition) is 3. The summed E-state index contributed by atoms with van der Waals surface area (Å²) >= 11 is 6.98. The monoisotopic (exact) mass is 387 g/mol. The Morgan fingerprint density at radius 3 is 2.95 bits per heavy atom. The SMILES string of the molecule is CCCn1ncnc1COc1c(Br)cccc1CBr.